The van der Waals surface area contributed by atoms with Crippen molar-refractivity contribution in [1.82, 2.24) is 0 Å². The minimum absolute atomic E-state index is 0.0544. The first-order valence-electron chi connectivity index (χ1n) is 4.87. The fourth-order valence-corrected chi connectivity index (χ4v) is 3.08. The predicted octanol–water partition coefficient (Wildman–Crippen LogP) is 1.33. The largest absolute Gasteiger partial charge is 0.395 e. The van der Waals surface area contributed by atoms with Gasteiger partial charge in [0.2, 0.25) is 0 Å². The SMILES string of the molecule is CC1(C)C2=CC(CO)(CO)C1(C)C2. The van der Waals surface area contributed by atoms with Crippen molar-refractivity contribution in [3.05, 3.63) is 11.6 Å². The van der Waals surface area contributed by atoms with Gasteiger partial charge in [0.05, 0.1) is 13.2 Å². The maximum absolute atomic E-state index is 9.41. The van der Waals surface area contributed by atoms with Crippen LogP contribution in [0.5, 0.6) is 0 Å². The zero-order chi connectivity index (χ0) is 9.91. The average Bonchev–Trinajstić information content (AvgIpc) is 2.50. The first kappa shape index (κ1) is 9.22. The Morgan fingerprint density at radius 2 is 1.77 bits per heavy atom. The van der Waals surface area contributed by atoms with Gasteiger partial charge in [0.15, 0.2) is 0 Å². The van der Waals surface area contributed by atoms with Crippen LogP contribution >= 0.6 is 0 Å². The number of fused-ring (bicyclic) bond motifs is 1. The summed E-state index contributed by atoms with van der Waals surface area (Å²) in [6.45, 7) is 6.71. The van der Waals surface area contributed by atoms with Crippen molar-refractivity contribution in [2.24, 2.45) is 16.2 Å². The molecule has 0 heterocycles. The summed E-state index contributed by atoms with van der Waals surface area (Å²) in [6, 6.07) is 0. The molecular formula is C11H18O2. The van der Waals surface area contributed by atoms with Gasteiger partial charge in [-0.3, -0.25) is 0 Å². The molecule has 2 N–H and O–H groups in total. The molecule has 2 bridgehead atoms. The van der Waals surface area contributed by atoms with E-state index in [1.54, 1.807) is 0 Å². The summed E-state index contributed by atoms with van der Waals surface area (Å²) in [5, 5.41) is 18.8. The first-order valence-corrected chi connectivity index (χ1v) is 4.87. The van der Waals surface area contributed by atoms with Crippen LogP contribution in [-0.4, -0.2) is 23.4 Å². The lowest BCUT2D eigenvalue weighted by Gasteiger charge is -2.57. The van der Waals surface area contributed by atoms with E-state index in [0.717, 1.165) is 6.42 Å². The lowest BCUT2D eigenvalue weighted by atomic mass is 9.47. The molecule has 2 nitrogen and oxygen atoms in total. The number of aliphatic hydroxyl groups is 2. The van der Waals surface area contributed by atoms with Crippen LogP contribution in [0.2, 0.25) is 0 Å². The van der Waals surface area contributed by atoms with Gasteiger partial charge in [-0.15, -0.1) is 0 Å². The Kier molecular flexibility index (Phi) is 1.55. The van der Waals surface area contributed by atoms with Crippen LogP contribution in [-0.2, 0) is 0 Å². The number of hydrogen-bond acceptors (Lipinski definition) is 2. The molecule has 0 spiro atoms. The van der Waals surface area contributed by atoms with E-state index >= 15 is 0 Å². The zero-order valence-corrected chi connectivity index (χ0v) is 8.59. The molecule has 0 saturated heterocycles. The standard InChI is InChI=1S/C11H18O2/c1-9(2)8-4-10(9,3)11(5-8,6-12)7-13/h5,12-13H,4,6-7H2,1-3H3. The Balaban J connectivity index is 2.45. The summed E-state index contributed by atoms with van der Waals surface area (Å²) < 4.78 is 0. The molecule has 0 aromatic heterocycles. The second kappa shape index (κ2) is 2.18. The predicted molar refractivity (Wildman–Crippen MR) is 51.2 cm³/mol. The maximum atomic E-state index is 9.41. The normalized spacial score (nSPS) is 38.4. The highest BCUT2D eigenvalue weighted by atomic mass is 16.3. The highest BCUT2D eigenvalue weighted by molar-refractivity contribution is 5.43. The van der Waals surface area contributed by atoms with Gasteiger partial charge < -0.3 is 10.2 Å². The summed E-state index contributed by atoms with van der Waals surface area (Å²) in [4.78, 5) is 0. The van der Waals surface area contributed by atoms with E-state index < -0.39 is 0 Å². The van der Waals surface area contributed by atoms with Gasteiger partial charge in [0.25, 0.3) is 0 Å². The molecule has 0 amide bonds. The quantitative estimate of drug-likeness (QED) is 0.633. The number of allylic oxidation sites excluding steroid dienone is 1. The lowest BCUT2D eigenvalue weighted by molar-refractivity contribution is -0.0817. The molecule has 3 rings (SSSR count). The van der Waals surface area contributed by atoms with Crippen LogP contribution in [0.1, 0.15) is 27.2 Å². The molecule has 0 aromatic rings. The van der Waals surface area contributed by atoms with Crippen LogP contribution in [0.15, 0.2) is 11.6 Å². The van der Waals surface area contributed by atoms with Gasteiger partial charge in [0, 0.05) is 5.41 Å². The van der Waals surface area contributed by atoms with Gasteiger partial charge in [-0.2, -0.15) is 0 Å². The third-order valence-electron chi connectivity index (χ3n) is 4.84. The van der Waals surface area contributed by atoms with Crippen molar-refractivity contribution in [1.29, 1.82) is 0 Å². The third kappa shape index (κ3) is 0.692. The van der Waals surface area contributed by atoms with E-state index in [1.165, 1.54) is 5.57 Å². The molecule has 2 heteroatoms. The Morgan fingerprint density at radius 3 is 1.92 bits per heavy atom. The Labute approximate surface area is 79.3 Å². The number of aliphatic hydroxyl groups excluding tert-OH is 2. The molecule has 1 unspecified atom stereocenters. The summed E-state index contributed by atoms with van der Waals surface area (Å²) in [7, 11) is 0. The van der Waals surface area contributed by atoms with E-state index in [0.29, 0.717) is 0 Å². The van der Waals surface area contributed by atoms with Crippen LogP contribution in [0.4, 0.5) is 0 Å². The van der Waals surface area contributed by atoms with Gasteiger partial charge in [0.1, 0.15) is 0 Å². The summed E-state index contributed by atoms with van der Waals surface area (Å²) in [5.41, 5.74) is 1.25. The minimum Gasteiger partial charge on any atom is -0.395 e. The topological polar surface area (TPSA) is 40.5 Å². The number of hydrogen-bond donors (Lipinski definition) is 2. The number of rotatable bonds is 2. The maximum Gasteiger partial charge on any atom is 0.0549 e. The van der Waals surface area contributed by atoms with Gasteiger partial charge in [-0.05, 0) is 17.3 Å². The van der Waals surface area contributed by atoms with Crippen molar-refractivity contribution < 1.29 is 10.2 Å². The Bertz CT molecular complexity index is 274. The van der Waals surface area contributed by atoms with Crippen LogP contribution in [0.3, 0.4) is 0 Å². The molecule has 3 aliphatic rings. The zero-order valence-electron chi connectivity index (χ0n) is 8.59. The van der Waals surface area contributed by atoms with Crippen molar-refractivity contribution in [3.8, 4) is 0 Å². The molecule has 1 saturated carbocycles. The fraction of sp³-hybridized carbons (Fsp3) is 0.818. The van der Waals surface area contributed by atoms with Crippen molar-refractivity contribution in [2.45, 2.75) is 27.2 Å². The highest BCUT2D eigenvalue weighted by Crippen LogP contribution is 2.73. The average molecular weight is 182 g/mol. The summed E-state index contributed by atoms with van der Waals surface area (Å²) in [6.07, 6.45) is 3.15. The van der Waals surface area contributed by atoms with E-state index in [9.17, 15) is 10.2 Å². The molecule has 74 valence electrons. The van der Waals surface area contributed by atoms with Crippen molar-refractivity contribution in [2.75, 3.05) is 13.2 Å². The minimum atomic E-state index is -0.369. The van der Waals surface area contributed by atoms with Crippen LogP contribution < -0.4 is 0 Å². The molecule has 0 aliphatic heterocycles. The van der Waals surface area contributed by atoms with Crippen LogP contribution in [0, 0.1) is 16.2 Å². The summed E-state index contributed by atoms with van der Waals surface area (Å²) >= 11 is 0. The molecule has 13 heavy (non-hydrogen) atoms. The monoisotopic (exact) mass is 182 g/mol. The fourth-order valence-electron chi connectivity index (χ4n) is 3.08. The molecule has 0 aromatic carbocycles. The van der Waals surface area contributed by atoms with Crippen LogP contribution in [0.25, 0.3) is 0 Å². The molecule has 0 radical (unpaired) electrons. The highest BCUT2D eigenvalue weighted by Gasteiger charge is 2.68. The molecule has 3 aliphatic carbocycles. The van der Waals surface area contributed by atoms with Gasteiger partial charge in [-0.1, -0.05) is 32.4 Å². The Hall–Kier alpha value is -0.340. The van der Waals surface area contributed by atoms with Gasteiger partial charge >= 0.3 is 0 Å². The smallest absolute Gasteiger partial charge is 0.0549 e. The second-order valence-electron chi connectivity index (χ2n) is 5.28. The lowest BCUT2D eigenvalue weighted by Crippen LogP contribution is -2.53. The molecular weight excluding hydrogens is 164 g/mol. The third-order valence-corrected chi connectivity index (χ3v) is 4.84. The molecule has 1 fully saturated rings. The van der Waals surface area contributed by atoms with E-state index in [-0.39, 0.29) is 29.5 Å². The van der Waals surface area contributed by atoms with E-state index in [2.05, 4.69) is 26.8 Å². The van der Waals surface area contributed by atoms with E-state index in [4.69, 9.17) is 0 Å². The van der Waals surface area contributed by atoms with E-state index in [1.807, 2.05) is 0 Å². The van der Waals surface area contributed by atoms with Gasteiger partial charge in [-0.25, -0.2) is 0 Å². The Morgan fingerprint density at radius 1 is 1.23 bits per heavy atom. The van der Waals surface area contributed by atoms with Crippen molar-refractivity contribution in [3.63, 3.8) is 0 Å². The summed E-state index contributed by atoms with van der Waals surface area (Å²) in [5.74, 6) is 0. The molecule has 1 atom stereocenters. The van der Waals surface area contributed by atoms with Crippen molar-refractivity contribution >= 4 is 0 Å². The second-order valence-corrected chi connectivity index (χ2v) is 5.28. The first-order chi connectivity index (χ1) is 5.93.